The summed E-state index contributed by atoms with van der Waals surface area (Å²) in [5.41, 5.74) is 2.90. The summed E-state index contributed by atoms with van der Waals surface area (Å²) in [6.07, 6.45) is 0.711. The Morgan fingerprint density at radius 3 is 2.42 bits per heavy atom. The van der Waals surface area contributed by atoms with Crippen molar-refractivity contribution in [2.75, 3.05) is 0 Å². The number of rotatable bonds is 6. The average Bonchev–Trinajstić information content (AvgIpc) is 3.15. The van der Waals surface area contributed by atoms with Gasteiger partial charge in [0.15, 0.2) is 6.61 Å². The molecule has 0 fully saturated rings. The van der Waals surface area contributed by atoms with Gasteiger partial charge in [-0.25, -0.2) is 4.79 Å². The molecule has 0 aliphatic carbocycles. The van der Waals surface area contributed by atoms with Gasteiger partial charge in [0.1, 0.15) is 6.29 Å². The van der Waals surface area contributed by atoms with E-state index in [1.165, 1.54) is 17.7 Å². The lowest BCUT2D eigenvalue weighted by molar-refractivity contribution is 0.0429. The Morgan fingerprint density at radius 1 is 1.12 bits per heavy atom. The predicted molar refractivity (Wildman–Crippen MR) is 94.8 cm³/mol. The number of ether oxygens (including phenoxy) is 1. The van der Waals surface area contributed by atoms with Crippen LogP contribution in [-0.4, -0.2) is 22.4 Å². The summed E-state index contributed by atoms with van der Waals surface area (Å²) in [7, 11) is 0. The maximum Gasteiger partial charge on any atom is 0.338 e. The quantitative estimate of drug-likeness (QED) is 0.493. The largest absolute Gasteiger partial charge is 0.452 e. The lowest BCUT2D eigenvalue weighted by atomic mass is 10.0. The molecule has 3 aromatic rings. The minimum Gasteiger partial charge on any atom is -0.452 e. The molecule has 0 amide bonds. The maximum atomic E-state index is 12.0. The number of benzene rings is 2. The Hall–Kier alpha value is -3.28. The van der Waals surface area contributed by atoms with Gasteiger partial charge in [-0.1, -0.05) is 55.4 Å². The van der Waals surface area contributed by atoms with E-state index in [2.05, 4.69) is 24.0 Å². The molecular weight excluding hydrogens is 332 g/mol. The van der Waals surface area contributed by atoms with Crippen LogP contribution in [0.5, 0.6) is 0 Å². The van der Waals surface area contributed by atoms with Gasteiger partial charge in [0.25, 0.3) is 5.89 Å². The van der Waals surface area contributed by atoms with Gasteiger partial charge in [-0.15, -0.1) is 0 Å². The lowest BCUT2D eigenvalue weighted by Gasteiger charge is -2.04. The van der Waals surface area contributed by atoms with Crippen molar-refractivity contribution in [2.45, 2.75) is 26.4 Å². The van der Waals surface area contributed by atoms with Crippen molar-refractivity contribution in [3.05, 3.63) is 71.1 Å². The predicted octanol–water partition coefficient (Wildman–Crippen LogP) is 4.03. The highest BCUT2D eigenvalue weighted by Gasteiger charge is 2.13. The fraction of sp³-hybridized carbons (Fsp3) is 0.200. The zero-order chi connectivity index (χ0) is 18.5. The molecule has 0 N–H and O–H groups in total. The van der Waals surface area contributed by atoms with Crippen molar-refractivity contribution < 1.29 is 18.8 Å². The second-order valence-corrected chi connectivity index (χ2v) is 6.10. The molecule has 0 saturated carbocycles. The minimum absolute atomic E-state index is 0.120. The number of aldehydes is 1. The highest BCUT2D eigenvalue weighted by molar-refractivity contribution is 5.90. The Morgan fingerprint density at radius 2 is 1.81 bits per heavy atom. The molecular formula is C20H18N2O4. The van der Waals surface area contributed by atoms with Crippen LogP contribution < -0.4 is 0 Å². The Kier molecular flexibility index (Phi) is 5.22. The summed E-state index contributed by atoms with van der Waals surface area (Å²) < 4.78 is 10.3. The van der Waals surface area contributed by atoms with Gasteiger partial charge in [-0.3, -0.25) is 4.79 Å². The number of nitrogens with zero attached hydrogens (tertiary/aromatic N) is 2. The van der Waals surface area contributed by atoms with Gasteiger partial charge in [-0.2, -0.15) is 4.98 Å². The van der Waals surface area contributed by atoms with E-state index in [1.807, 2.05) is 24.3 Å². The molecule has 0 aliphatic heterocycles. The first-order valence-corrected chi connectivity index (χ1v) is 8.22. The van der Waals surface area contributed by atoms with Crippen LogP contribution in [0.15, 0.2) is 53.1 Å². The third-order valence-electron chi connectivity index (χ3n) is 3.91. The lowest BCUT2D eigenvalue weighted by Crippen LogP contribution is -2.05. The SMILES string of the molecule is CC(C)c1ccc(-c2noc(COC(=O)c3ccc(C=O)cc3)n2)cc1. The number of carbonyl (C=O) groups excluding carboxylic acids is 2. The van der Waals surface area contributed by atoms with E-state index in [9.17, 15) is 9.59 Å². The van der Waals surface area contributed by atoms with Crippen LogP contribution in [0.2, 0.25) is 0 Å². The van der Waals surface area contributed by atoms with Crippen molar-refractivity contribution in [3.8, 4) is 11.4 Å². The topological polar surface area (TPSA) is 82.3 Å². The minimum atomic E-state index is -0.525. The van der Waals surface area contributed by atoms with E-state index in [1.54, 1.807) is 12.1 Å². The first-order chi connectivity index (χ1) is 12.6. The van der Waals surface area contributed by atoms with Crippen LogP contribution in [0.3, 0.4) is 0 Å². The molecule has 1 aromatic heterocycles. The van der Waals surface area contributed by atoms with Crippen LogP contribution >= 0.6 is 0 Å². The molecule has 132 valence electrons. The summed E-state index contributed by atoms with van der Waals surface area (Å²) >= 11 is 0. The molecule has 26 heavy (non-hydrogen) atoms. The first-order valence-electron chi connectivity index (χ1n) is 8.22. The molecule has 0 atom stereocenters. The van der Waals surface area contributed by atoms with Crippen molar-refractivity contribution in [3.63, 3.8) is 0 Å². The van der Waals surface area contributed by atoms with Crippen molar-refractivity contribution in [1.29, 1.82) is 0 Å². The van der Waals surface area contributed by atoms with E-state index in [4.69, 9.17) is 9.26 Å². The summed E-state index contributed by atoms with van der Waals surface area (Å²) in [4.78, 5) is 26.9. The molecule has 0 spiro atoms. The third-order valence-corrected chi connectivity index (χ3v) is 3.91. The summed E-state index contributed by atoms with van der Waals surface area (Å²) in [6.45, 7) is 4.13. The monoisotopic (exact) mass is 350 g/mol. The molecule has 2 aromatic carbocycles. The Labute approximate surface area is 150 Å². The number of esters is 1. The zero-order valence-corrected chi connectivity index (χ0v) is 14.5. The van der Waals surface area contributed by atoms with Gasteiger partial charge < -0.3 is 9.26 Å². The van der Waals surface area contributed by atoms with E-state index >= 15 is 0 Å². The zero-order valence-electron chi connectivity index (χ0n) is 14.5. The van der Waals surface area contributed by atoms with Gasteiger partial charge in [0.2, 0.25) is 5.82 Å². The molecule has 6 nitrogen and oxygen atoms in total. The molecule has 0 bridgehead atoms. The summed E-state index contributed by atoms with van der Waals surface area (Å²) in [5.74, 6) is 0.584. The highest BCUT2D eigenvalue weighted by atomic mass is 16.6. The van der Waals surface area contributed by atoms with Crippen molar-refractivity contribution in [2.24, 2.45) is 0 Å². The fourth-order valence-electron chi connectivity index (χ4n) is 2.36. The number of carbonyl (C=O) groups is 2. The first kappa shape index (κ1) is 17.5. The maximum absolute atomic E-state index is 12.0. The van der Waals surface area contributed by atoms with Crippen LogP contribution in [0, 0.1) is 0 Å². The smallest absolute Gasteiger partial charge is 0.338 e. The molecule has 0 unspecified atom stereocenters. The van der Waals surface area contributed by atoms with Gasteiger partial charge in [-0.05, 0) is 23.6 Å². The highest BCUT2D eigenvalue weighted by Crippen LogP contribution is 2.20. The van der Waals surface area contributed by atoms with Crippen molar-refractivity contribution in [1.82, 2.24) is 10.1 Å². The summed E-state index contributed by atoms with van der Waals surface area (Å²) in [5, 5.41) is 3.92. The van der Waals surface area contributed by atoms with Crippen LogP contribution in [0.25, 0.3) is 11.4 Å². The standard InChI is InChI=1S/C20H18N2O4/c1-13(2)15-7-9-16(10-8-15)19-21-18(26-22-19)12-25-20(24)17-5-3-14(11-23)4-6-17/h3-11,13H,12H2,1-2H3. The van der Waals surface area contributed by atoms with E-state index in [-0.39, 0.29) is 12.5 Å². The molecule has 0 aliphatic rings. The van der Waals surface area contributed by atoms with Gasteiger partial charge in [0.05, 0.1) is 5.56 Å². The second-order valence-electron chi connectivity index (χ2n) is 6.10. The fourth-order valence-corrected chi connectivity index (χ4v) is 2.36. The molecule has 1 heterocycles. The molecule has 0 radical (unpaired) electrons. The van der Waals surface area contributed by atoms with E-state index in [0.29, 0.717) is 29.2 Å². The Balaban J connectivity index is 1.62. The number of hydrogen-bond donors (Lipinski definition) is 0. The van der Waals surface area contributed by atoms with Crippen LogP contribution in [-0.2, 0) is 11.3 Å². The van der Waals surface area contributed by atoms with Gasteiger partial charge in [0, 0.05) is 11.1 Å². The average molecular weight is 350 g/mol. The molecule has 0 saturated heterocycles. The Bertz CT molecular complexity index is 896. The van der Waals surface area contributed by atoms with Crippen molar-refractivity contribution >= 4 is 12.3 Å². The second kappa shape index (κ2) is 7.74. The third kappa shape index (κ3) is 4.03. The normalized spacial score (nSPS) is 10.7. The van der Waals surface area contributed by atoms with Crippen LogP contribution in [0.1, 0.15) is 51.9 Å². The van der Waals surface area contributed by atoms with E-state index < -0.39 is 5.97 Å². The number of aromatic nitrogens is 2. The van der Waals surface area contributed by atoms with Gasteiger partial charge >= 0.3 is 5.97 Å². The molecule has 3 rings (SSSR count). The van der Waals surface area contributed by atoms with Crippen LogP contribution in [0.4, 0.5) is 0 Å². The number of hydrogen-bond acceptors (Lipinski definition) is 6. The van der Waals surface area contributed by atoms with E-state index in [0.717, 1.165) is 5.56 Å². The molecule has 6 heteroatoms. The summed E-state index contributed by atoms with van der Waals surface area (Å²) in [6, 6.07) is 14.1.